The fourth-order valence-corrected chi connectivity index (χ4v) is 2.79. The molecule has 22 heavy (non-hydrogen) atoms. The number of unbranched alkanes of at least 4 members (excludes halogenated alkanes) is 3. The predicted molar refractivity (Wildman–Crippen MR) is 78.9 cm³/mol. The molecule has 0 bridgehead atoms. The highest BCUT2D eigenvalue weighted by Crippen LogP contribution is 2.35. The number of amides is 1. The molecular weight excluding hydrogens is 287 g/mol. The summed E-state index contributed by atoms with van der Waals surface area (Å²) in [7, 11) is 0. The van der Waals surface area contributed by atoms with Gasteiger partial charge in [0.15, 0.2) is 0 Å². The van der Waals surface area contributed by atoms with Crippen molar-refractivity contribution in [2.24, 2.45) is 0 Å². The van der Waals surface area contributed by atoms with Gasteiger partial charge in [0.05, 0.1) is 5.69 Å². The summed E-state index contributed by atoms with van der Waals surface area (Å²) in [6, 6.07) is 0. The standard InChI is InChI=1S/C15H23FN4O2/c16-15(14(22)17-10-6-1-2-7-11-21)9-5-3-4-8-12-13(15)19-20-18-12/h11H,1-10H2,(H,17,22)(H,18,19,20). The lowest BCUT2D eigenvalue weighted by atomic mass is 9.88. The van der Waals surface area contributed by atoms with Crippen LogP contribution in [0.15, 0.2) is 0 Å². The maximum absolute atomic E-state index is 15.3. The number of H-pyrrole nitrogens is 1. The van der Waals surface area contributed by atoms with Crippen LogP contribution in [0.25, 0.3) is 0 Å². The number of aldehydes is 1. The van der Waals surface area contributed by atoms with Crippen molar-refractivity contribution in [1.82, 2.24) is 20.7 Å². The van der Waals surface area contributed by atoms with Crippen LogP contribution in [0.1, 0.15) is 62.8 Å². The quantitative estimate of drug-likeness (QED) is 0.595. The average Bonchev–Trinajstić information content (AvgIpc) is 2.96. The minimum absolute atomic E-state index is 0.142. The van der Waals surface area contributed by atoms with Gasteiger partial charge in [0.25, 0.3) is 5.91 Å². The second kappa shape index (κ2) is 8.00. The zero-order valence-electron chi connectivity index (χ0n) is 12.7. The molecule has 7 heteroatoms. The first-order valence-corrected chi connectivity index (χ1v) is 7.99. The molecule has 2 N–H and O–H groups in total. The molecule has 6 nitrogen and oxygen atoms in total. The highest BCUT2D eigenvalue weighted by Gasteiger charge is 2.44. The first-order chi connectivity index (χ1) is 10.7. The zero-order valence-corrected chi connectivity index (χ0v) is 12.7. The molecule has 1 aromatic rings. The molecule has 0 saturated carbocycles. The number of nitrogens with one attached hydrogen (secondary N) is 2. The third-order valence-corrected chi connectivity index (χ3v) is 4.07. The van der Waals surface area contributed by atoms with Crippen molar-refractivity contribution in [3.8, 4) is 0 Å². The van der Waals surface area contributed by atoms with Crippen molar-refractivity contribution in [2.45, 2.75) is 63.5 Å². The van der Waals surface area contributed by atoms with E-state index in [1.165, 1.54) is 0 Å². The molecule has 0 radical (unpaired) electrons. The first-order valence-electron chi connectivity index (χ1n) is 7.99. The fraction of sp³-hybridized carbons (Fsp3) is 0.733. The third kappa shape index (κ3) is 3.90. The third-order valence-electron chi connectivity index (χ3n) is 4.07. The predicted octanol–water partition coefficient (Wildman–Crippen LogP) is 1.96. The maximum Gasteiger partial charge on any atom is 0.264 e. The lowest BCUT2D eigenvalue weighted by molar-refractivity contribution is -0.134. The molecule has 1 aliphatic rings. The van der Waals surface area contributed by atoms with E-state index in [1.807, 2.05) is 0 Å². The van der Waals surface area contributed by atoms with Crippen LogP contribution in [0.5, 0.6) is 0 Å². The molecule has 122 valence electrons. The van der Waals surface area contributed by atoms with Crippen LogP contribution in [-0.4, -0.2) is 34.1 Å². The number of fused-ring (bicyclic) bond motifs is 1. The summed E-state index contributed by atoms with van der Waals surface area (Å²) in [5.41, 5.74) is -1.39. The number of carbonyl (C=O) groups excluding carboxylic acids is 2. The largest absolute Gasteiger partial charge is 0.353 e. The van der Waals surface area contributed by atoms with Crippen LogP contribution < -0.4 is 5.32 Å². The summed E-state index contributed by atoms with van der Waals surface area (Å²) in [6.45, 7) is 0.413. The van der Waals surface area contributed by atoms with Gasteiger partial charge in [-0.05, 0) is 38.5 Å². The molecule has 1 heterocycles. The van der Waals surface area contributed by atoms with E-state index in [4.69, 9.17) is 0 Å². The van der Waals surface area contributed by atoms with Gasteiger partial charge in [-0.3, -0.25) is 4.79 Å². The van der Waals surface area contributed by atoms with Gasteiger partial charge >= 0.3 is 0 Å². The fourth-order valence-electron chi connectivity index (χ4n) is 2.79. The summed E-state index contributed by atoms with van der Waals surface area (Å²) < 4.78 is 15.3. The molecule has 2 rings (SSSR count). The monoisotopic (exact) mass is 310 g/mol. The van der Waals surface area contributed by atoms with Crippen LogP contribution in [0, 0.1) is 0 Å². The number of aromatic nitrogens is 3. The molecule has 0 fully saturated rings. The molecule has 1 atom stereocenters. The van der Waals surface area contributed by atoms with Crippen molar-refractivity contribution in [3.63, 3.8) is 0 Å². The highest BCUT2D eigenvalue weighted by atomic mass is 19.1. The van der Waals surface area contributed by atoms with E-state index in [-0.39, 0.29) is 12.1 Å². The van der Waals surface area contributed by atoms with E-state index < -0.39 is 11.6 Å². The van der Waals surface area contributed by atoms with E-state index in [0.717, 1.165) is 38.4 Å². The number of carbonyl (C=O) groups is 2. The maximum atomic E-state index is 15.3. The van der Waals surface area contributed by atoms with Crippen molar-refractivity contribution in [3.05, 3.63) is 11.4 Å². The molecule has 1 amide bonds. The van der Waals surface area contributed by atoms with Crippen molar-refractivity contribution < 1.29 is 14.0 Å². The SMILES string of the molecule is O=CCCCCCNC(=O)C1(F)CCCCCc2n[nH]nc21. The number of halogens is 1. The van der Waals surface area contributed by atoms with Gasteiger partial charge in [-0.25, -0.2) is 4.39 Å². The Balaban J connectivity index is 1.94. The number of aromatic amines is 1. The van der Waals surface area contributed by atoms with Gasteiger partial charge in [-0.1, -0.05) is 12.8 Å². The molecule has 1 aromatic heterocycles. The number of hydrogen-bond donors (Lipinski definition) is 2. The minimum Gasteiger partial charge on any atom is -0.353 e. The van der Waals surface area contributed by atoms with E-state index in [9.17, 15) is 9.59 Å². The van der Waals surface area contributed by atoms with E-state index >= 15 is 4.39 Å². The van der Waals surface area contributed by atoms with Gasteiger partial charge in [0.2, 0.25) is 5.67 Å². The van der Waals surface area contributed by atoms with Crippen molar-refractivity contribution >= 4 is 12.2 Å². The lowest BCUT2D eigenvalue weighted by Crippen LogP contribution is -2.43. The second-order valence-corrected chi connectivity index (χ2v) is 5.75. The Bertz CT molecular complexity index is 505. The number of rotatable bonds is 7. The summed E-state index contributed by atoms with van der Waals surface area (Å²) >= 11 is 0. The number of aryl methyl sites for hydroxylation is 1. The topological polar surface area (TPSA) is 87.7 Å². The number of hydrogen-bond acceptors (Lipinski definition) is 4. The molecule has 0 spiro atoms. The van der Waals surface area contributed by atoms with Crippen LogP contribution in [0.3, 0.4) is 0 Å². The summed E-state index contributed by atoms with van der Waals surface area (Å²) in [4.78, 5) is 22.5. The van der Waals surface area contributed by atoms with Crippen LogP contribution >= 0.6 is 0 Å². The Labute approximate surface area is 129 Å². The Morgan fingerprint density at radius 2 is 2.14 bits per heavy atom. The van der Waals surface area contributed by atoms with Crippen LogP contribution in [-0.2, 0) is 21.7 Å². The van der Waals surface area contributed by atoms with Crippen LogP contribution in [0.4, 0.5) is 4.39 Å². The van der Waals surface area contributed by atoms with Crippen molar-refractivity contribution in [1.29, 1.82) is 0 Å². The zero-order chi connectivity index (χ0) is 15.8. The molecular formula is C15H23FN4O2. The lowest BCUT2D eigenvalue weighted by Gasteiger charge is -2.24. The van der Waals surface area contributed by atoms with Gasteiger partial charge in [0.1, 0.15) is 12.0 Å². The summed E-state index contributed by atoms with van der Waals surface area (Å²) in [5, 5.41) is 13.0. The van der Waals surface area contributed by atoms with Gasteiger partial charge in [-0.15, -0.1) is 0 Å². The smallest absolute Gasteiger partial charge is 0.264 e. The Morgan fingerprint density at radius 3 is 2.95 bits per heavy atom. The molecule has 0 saturated heterocycles. The Hall–Kier alpha value is -1.79. The number of nitrogens with zero attached hydrogens (tertiary/aromatic N) is 2. The van der Waals surface area contributed by atoms with E-state index in [0.29, 0.717) is 31.5 Å². The first kappa shape index (κ1) is 16.6. The van der Waals surface area contributed by atoms with E-state index in [2.05, 4.69) is 20.7 Å². The summed E-state index contributed by atoms with van der Waals surface area (Å²) in [5.74, 6) is -0.625. The Morgan fingerprint density at radius 1 is 1.27 bits per heavy atom. The molecule has 0 aliphatic heterocycles. The Kier molecular flexibility index (Phi) is 6.03. The second-order valence-electron chi connectivity index (χ2n) is 5.75. The normalized spacial score (nSPS) is 21.5. The highest BCUT2D eigenvalue weighted by molar-refractivity contribution is 5.86. The number of alkyl halides is 1. The van der Waals surface area contributed by atoms with Gasteiger partial charge in [0, 0.05) is 13.0 Å². The van der Waals surface area contributed by atoms with Crippen molar-refractivity contribution in [2.75, 3.05) is 6.54 Å². The van der Waals surface area contributed by atoms with Crippen LogP contribution in [0.2, 0.25) is 0 Å². The van der Waals surface area contributed by atoms with Gasteiger partial charge in [-0.2, -0.15) is 15.4 Å². The minimum atomic E-state index is -2.09. The molecule has 1 aliphatic carbocycles. The van der Waals surface area contributed by atoms with Gasteiger partial charge < -0.3 is 10.1 Å². The molecule has 1 unspecified atom stereocenters. The van der Waals surface area contributed by atoms with E-state index in [1.54, 1.807) is 0 Å². The average molecular weight is 310 g/mol. The molecule has 0 aromatic carbocycles. The summed E-state index contributed by atoms with van der Waals surface area (Å²) in [6.07, 6.45) is 7.07.